The summed E-state index contributed by atoms with van der Waals surface area (Å²) in [5.41, 5.74) is 0. The van der Waals surface area contributed by atoms with Gasteiger partial charge in [0.1, 0.15) is 18.2 Å². The third kappa shape index (κ3) is 4.42. The fourth-order valence-electron chi connectivity index (χ4n) is 2.40. The van der Waals surface area contributed by atoms with Crippen molar-refractivity contribution >= 4 is 17.7 Å². The number of hydrogen-bond acceptors (Lipinski definition) is 4. The second-order valence-electron chi connectivity index (χ2n) is 5.64. The zero-order valence-corrected chi connectivity index (χ0v) is 14.4. The standard InChI is InChI=1S/C18H17F2NO3S/c1-21(9-13-10-23-15-4-2-3-5-16(15)24-13)18(22)11-25-17-7-6-12(19)8-14(17)20/h2-8,13H,9-11H2,1H3/t13-/m1/s1. The summed E-state index contributed by atoms with van der Waals surface area (Å²) in [4.78, 5) is 14.0. The van der Waals surface area contributed by atoms with E-state index in [0.717, 1.165) is 17.8 Å². The van der Waals surface area contributed by atoms with Gasteiger partial charge in [-0.15, -0.1) is 11.8 Å². The third-order valence-corrected chi connectivity index (χ3v) is 4.75. The topological polar surface area (TPSA) is 38.8 Å². The number of hydrogen-bond donors (Lipinski definition) is 0. The second kappa shape index (κ2) is 7.74. The summed E-state index contributed by atoms with van der Waals surface area (Å²) in [6.07, 6.45) is -0.267. The molecule has 132 valence electrons. The molecule has 0 spiro atoms. The van der Waals surface area contributed by atoms with E-state index in [4.69, 9.17) is 9.47 Å². The Morgan fingerprint density at radius 3 is 2.76 bits per heavy atom. The van der Waals surface area contributed by atoms with Crippen LogP contribution in [0.2, 0.25) is 0 Å². The number of rotatable bonds is 5. The number of nitrogens with zero attached hydrogens (tertiary/aromatic N) is 1. The van der Waals surface area contributed by atoms with Gasteiger partial charge in [0.15, 0.2) is 17.6 Å². The first-order valence-corrected chi connectivity index (χ1v) is 8.72. The normalized spacial score (nSPS) is 15.7. The van der Waals surface area contributed by atoms with Crippen LogP contribution in [0.1, 0.15) is 0 Å². The number of carbonyl (C=O) groups is 1. The molecular weight excluding hydrogens is 348 g/mol. The van der Waals surface area contributed by atoms with Crippen molar-refractivity contribution in [3.05, 3.63) is 54.1 Å². The molecule has 0 aliphatic carbocycles. The van der Waals surface area contributed by atoms with Gasteiger partial charge in [0.05, 0.1) is 12.3 Å². The molecule has 0 N–H and O–H groups in total. The van der Waals surface area contributed by atoms with Crippen LogP contribution in [0.3, 0.4) is 0 Å². The number of thioether (sulfide) groups is 1. The van der Waals surface area contributed by atoms with E-state index in [0.29, 0.717) is 24.7 Å². The van der Waals surface area contributed by atoms with Crippen LogP contribution in [-0.4, -0.2) is 42.9 Å². The van der Waals surface area contributed by atoms with Crippen molar-refractivity contribution < 1.29 is 23.0 Å². The first-order chi connectivity index (χ1) is 12.0. The molecule has 0 saturated carbocycles. The Kier molecular flexibility index (Phi) is 5.43. The van der Waals surface area contributed by atoms with E-state index >= 15 is 0 Å². The van der Waals surface area contributed by atoms with Crippen LogP contribution in [-0.2, 0) is 4.79 Å². The number of para-hydroxylation sites is 2. The van der Waals surface area contributed by atoms with Crippen molar-refractivity contribution in [2.75, 3.05) is 26.0 Å². The molecule has 1 aliphatic rings. The molecule has 25 heavy (non-hydrogen) atoms. The van der Waals surface area contributed by atoms with E-state index in [-0.39, 0.29) is 22.7 Å². The van der Waals surface area contributed by atoms with Gasteiger partial charge in [-0.3, -0.25) is 4.79 Å². The zero-order chi connectivity index (χ0) is 17.8. The average molecular weight is 365 g/mol. The Morgan fingerprint density at radius 2 is 2.00 bits per heavy atom. The predicted molar refractivity (Wildman–Crippen MR) is 91.1 cm³/mol. The van der Waals surface area contributed by atoms with Gasteiger partial charge in [-0.1, -0.05) is 12.1 Å². The molecule has 0 saturated heterocycles. The summed E-state index contributed by atoms with van der Waals surface area (Å²) in [6, 6.07) is 10.7. The summed E-state index contributed by atoms with van der Waals surface area (Å²) in [7, 11) is 1.66. The third-order valence-electron chi connectivity index (χ3n) is 3.72. The Morgan fingerprint density at radius 1 is 1.24 bits per heavy atom. The Bertz CT molecular complexity index is 772. The molecule has 2 aromatic rings. The average Bonchev–Trinajstić information content (AvgIpc) is 2.60. The molecule has 4 nitrogen and oxygen atoms in total. The zero-order valence-electron chi connectivity index (χ0n) is 13.6. The van der Waals surface area contributed by atoms with Gasteiger partial charge >= 0.3 is 0 Å². The highest BCUT2D eigenvalue weighted by molar-refractivity contribution is 8.00. The van der Waals surface area contributed by atoms with E-state index in [2.05, 4.69) is 0 Å². The lowest BCUT2D eigenvalue weighted by molar-refractivity contribution is -0.128. The largest absolute Gasteiger partial charge is 0.486 e. The molecule has 0 bridgehead atoms. The lowest BCUT2D eigenvalue weighted by Crippen LogP contribution is -2.42. The van der Waals surface area contributed by atoms with Gasteiger partial charge in [0, 0.05) is 18.0 Å². The van der Waals surface area contributed by atoms with Gasteiger partial charge in [0.25, 0.3) is 0 Å². The Labute approximate surface area is 148 Å². The van der Waals surface area contributed by atoms with Crippen LogP contribution < -0.4 is 9.47 Å². The van der Waals surface area contributed by atoms with E-state index in [1.807, 2.05) is 24.3 Å². The number of halogens is 2. The van der Waals surface area contributed by atoms with Gasteiger partial charge in [-0.2, -0.15) is 0 Å². The first kappa shape index (κ1) is 17.5. The number of ether oxygens (including phenoxy) is 2. The Balaban J connectivity index is 1.51. The fraction of sp³-hybridized carbons (Fsp3) is 0.278. The summed E-state index contributed by atoms with van der Waals surface area (Å²) >= 11 is 1.04. The van der Waals surface area contributed by atoms with E-state index < -0.39 is 11.6 Å². The van der Waals surface area contributed by atoms with Crippen molar-refractivity contribution in [1.82, 2.24) is 4.90 Å². The summed E-state index contributed by atoms with van der Waals surface area (Å²) in [5.74, 6) is -0.0712. The lowest BCUT2D eigenvalue weighted by atomic mass is 10.2. The molecule has 0 aromatic heterocycles. The van der Waals surface area contributed by atoms with Crippen LogP contribution in [0.5, 0.6) is 11.5 Å². The smallest absolute Gasteiger partial charge is 0.232 e. The molecule has 0 radical (unpaired) electrons. The maximum Gasteiger partial charge on any atom is 0.232 e. The van der Waals surface area contributed by atoms with Crippen molar-refractivity contribution in [1.29, 1.82) is 0 Å². The highest BCUT2D eigenvalue weighted by Crippen LogP contribution is 2.31. The number of fused-ring (bicyclic) bond motifs is 1. The quantitative estimate of drug-likeness (QED) is 0.762. The monoisotopic (exact) mass is 365 g/mol. The Hall–Kier alpha value is -2.28. The number of amides is 1. The van der Waals surface area contributed by atoms with Gasteiger partial charge in [-0.05, 0) is 24.3 Å². The minimum absolute atomic E-state index is 0.0587. The van der Waals surface area contributed by atoms with Gasteiger partial charge < -0.3 is 14.4 Å². The minimum Gasteiger partial charge on any atom is -0.486 e. The van der Waals surface area contributed by atoms with E-state index in [9.17, 15) is 13.6 Å². The molecule has 3 rings (SSSR count). The molecule has 1 aliphatic heterocycles. The van der Waals surface area contributed by atoms with Gasteiger partial charge in [0.2, 0.25) is 5.91 Å². The SMILES string of the molecule is CN(C[C@@H]1COc2ccccc2O1)C(=O)CSc1ccc(F)cc1F. The fourth-order valence-corrected chi connectivity index (χ4v) is 3.26. The van der Waals surface area contributed by atoms with Crippen molar-refractivity contribution in [3.63, 3.8) is 0 Å². The summed E-state index contributed by atoms with van der Waals surface area (Å²) < 4.78 is 37.9. The van der Waals surface area contributed by atoms with Crippen molar-refractivity contribution in [3.8, 4) is 11.5 Å². The molecule has 7 heteroatoms. The number of benzene rings is 2. The van der Waals surface area contributed by atoms with Crippen molar-refractivity contribution in [2.45, 2.75) is 11.0 Å². The lowest BCUT2D eigenvalue weighted by Gasteiger charge is -2.29. The molecule has 1 amide bonds. The summed E-state index contributed by atoms with van der Waals surface area (Å²) in [5, 5.41) is 0. The molecular formula is C18H17F2NO3S. The van der Waals surface area contributed by atoms with Crippen LogP contribution in [0.25, 0.3) is 0 Å². The molecule has 1 atom stereocenters. The van der Waals surface area contributed by atoms with Crippen LogP contribution >= 0.6 is 11.8 Å². The van der Waals surface area contributed by atoms with Crippen LogP contribution in [0.15, 0.2) is 47.4 Å². The molecule has 0 fully saturated rings. The first-order valence-electron chi connectivity index (χ1n) is 7.73. The number of carbonyl (C=O) groups excluding carboxylic acids is 1. The highest BCUT2D eigenvalue weighted by Gasteiger charge is 2.23. The van der Waals surface area contributed by atoms with E-state index in [1.54, 1.807) is 7.05 Å². The van der Waals surface area contributed by atoms with Crippen LogP contribution in [0.4, 0.5) is 8.78 Å². The maximum atomic E-state index is 13.6. The van der Waals surface area contributed by atoms with Gasteiger partial charge in [-0.25, -0.2) is 8.78 Å². The number of likely N-dealkylation sites (N-methyl/N-ethyl adjacent to an activating group) is 1. The molecule has 0 unspecified atom stereocenters. The summed E-state index contributed by atoms with van der Waals surface area (Å²) in [6.45, 7) is 0.716. The maximum absolute atomic E-state index is 13.6. The van der Waals surface area contributed by atoms with Crippen LogP contribution in [0, 0.1) is 11.6 Å². The van der Waals surface area contributed by atoms with E-state index in [1.165, 1.54) is 17.0 Å². The molecule has 1 heterocycles. The molecule has 2 aromatic carbocycles. The highest BCUT2D eigenvalue weighted by atomic mass is 32.2. The predicted octanol–water partition coefficient (Wildman–Crippen LogP) is 3.36. The second-order valence-corrected chi connectivity index (χ2v) is 6.65. The van der Waals surface area contributed by atoms with Crippen molar-refractivity contribution in [2.24, 2.45) is 0 Å². The minimum atomic E-state index is -0.666.